The van der Waals surface area contributed by atoms with Crippen LogP contribution >= 0.6 is 0 Å². The smallest absolute Gasteiger partial charge is 0.320 e. The highest BCUT2D eigenvalue weighted by Crippen LogP contribution is 2.32. The Balaban J connectivity index is 1.19. The number of phenolic OH excluding ortho intramolecular Hbond substituents is 1. The number of phenols is 1. The van der Waals surface area contributed by atoms with E-state index in [-0.39, 0.29) is 54.2 Å². The molecule has 3 aliphatic rings. The van der Waals surface area contributed by atoms with Gasteiger partial charge in [-0.3, -0.25) is 4.79 Å². The molecule has 206 valence electrons. The quantitative estimate of drug-likeness (QED) is 0.501. The minimum absolute atomic E-state index is 0.0267. The van der Waals surface area contributed by atoms with E-state index in [1.165, 1.54) is 23.5 Å². The molecule has 12 heteroatoms. The van der Waals surface area contributed by atoms with Gasteiger partial charge in [0, 0.05) is 77.8 Å². The van der Waals surface area contributed by atoms with Crippen LogP contribution in [0.4, 0.5) is 4.79 Å². The van der Waals surface area contributed by atoms with E-state index in [1.807, 2.05) is 9.80 Å². The lowest BCUT2D eigenvalue weighted by Gasteiger charge is -2.35. The summed E-state index contributed by atoms with van der Waals surface area (Å²) in [4.78, 5) is 33.6. The van der Waals surface area contributed by atoms with E-state index in [0.717, 1.165) is 26.2 Å². The number of rotatable bonds is 7. The fraction of sp³-hybridized carbons (Fsp3) is 0.680. The summed E-state index contributed by atoms with van der Waals surface area (Å²) in [6, 6.07) is 2.96. The lowest BCUT2D eigenvalue weighted by molar-refractivity contribution is -0.135. The van der Waals surface area contributed by atoms with Crippen molar-refractivity contribution in [2.75, 3.05) is 86.2 Å². The van der Waals surface area contributed by atoms with Crippen molar-refractivity contribution < 1.29 is 27.9 Å². The van der Waals surface area contributed by atoms with Crippen LogP contribution in [0.3, 0.4) is 0 Å². The summed E-state index contributed by atoms with van der Waals surface area (Å²) in [6.07, 6.45) is 0. The van der Waals surface area contributed by atoms with Crippen molar-refractivity contribution in [3.05, 3.63) is 23.3 Å². The number of hydrogen-bond acceptors (Lipinski definition) is 7. The number of aromatic hydroxyl groups is 1. The van der Waals surface area contributed by atoms with Gasteiger partial charge in [0.05, 0.1) is 11.5 Å². The maximum atomic E-state index is 13.0. The van der Waals surface area contributed by atoms with Gasteiger partial charge in [-0.15, -0.1) is 0 Å². The molecule has 3 fully saturated rings. The molecule has 0 unspecified atom stereocenters. The second-order valence-corrected chi connectivity index (χ2v) is 12.6. The molecule has 0 aliphatic carbocycles. The number of hydrogen-bond donors (Lipinski definition) is 1. The van der Waals surface area contributed by atoms with Gasteiger partial charge in [-0.1, -0.05) is 0 Å². The molecule has 0 saturated carbocycles. The number of carbonyl (C=O) groups is 2. The zero-order valence-corrected chi connectivity index (χ0v) is 23.0. The van der Waals surface area contributed by atoms with E-state index >= 15 is 0 Å². The summed E-state index contributed by atoms with van der Waals surface area (Å²) >= 11 is 0. The third kappa shape index (κ3) is 6.02. The van der Waals surface area contributed by atoms with Crippen LogP contribution in [0.2, 0.25) is 0 Å². The van der Waals surface area contributed by atoms with Crippen LogP contribution in [0.15, 0.2) is 17.0 Å². The molecule has 0 spiro atoms. The second kappa shape index (κ2) is 11.1. The summed E-state index contributed by atoms with van der Waals surface area (Å²) in [5.41, 5.74) is 0.952. The number of carbonyl (C=O) groups excluding carboxylic acids is 2. The van der Waals surface area contributed by atoms with Crippen molar-refractivity contribution in [1.29, 1.82) is 0 Å². The van der Waals surface area contributed by atoms with Crippen molar-refractivity contribution in [3.63, 3.8) is 0 Å². The summed E-state index contributed by atoms with van der Waals surface area (Å²) in [5, 5.41) is 9.70. The van der Waals surface area contributed by atoms with Gasteiger partial charge in [-0.25, -0.2) is 13.2 Å². The number of sulfonamides is 1. The predicted molar refractivity (Wildman–Crippen MR) is 138 cm³/mol. The first-order valence-electron chi connectivity index (χ1n) is 12.8. The Kier molecular flexibility index (Phi) is 8.32. The number of nitrogens with zero attached hydrogens (tertiary/aromatic N) is 5. The normalized spacial score (nSPS) is 22.7. The van der Waals surface area contributed by atoms with Crippen LogP contribution in [0.25, 0.3) is 0 Å². The van der Waals surface area contributed by atoms with Gasteiger partial charge in [0.2, 0.25) is 15.9 Å². The highest BCUT2D eigenvalue weighted by atomic mass is 32.2. The summed E-state index contributed by atoms with van der Waals surface area (Å²) < 4.78 is 32.8. The number of likely N-dealkylation sites (tertiary alicyclic amines) is 2. The number of benzene rings is 1. The van der Waals surface area contributed by atoms with Crippen molar-refractivity contribution in [1.82, 2.24) is 23.9 Å². The van der Waals surface area contributed by atoms with E-state index in [0.29, 0.717) is 37.3 Å². The molecule has 1 aromatic carbocycles. The molecule has 3 heterocycles. The first-order valence-corrected chi connectivity index (χ1v) is 14.3. The van der Waals surface area contributed by atoms with E-state index in [1.54, 1.807) is 18.7 Å². The molecule has 1 aromatic rings. The van der Waals surface area contributed by atoms with E-state index in [9.17, 15) is 23.1 Å². The molecule has 0 bridgehead atoms. The molecule has 4 rings (SSSR count). The van der Waals surface area contributed by atoms with E-state index in [4.69, 9.17) is 4.74 Å². The summed E-state index contributed by atoms with van der Waals surface area (Å²) in [5.74, 6) is 0.489. The van der Waals surface area contributed by atoms with Crippen LogP contribution in [0.1, 0.15) is 11.1 Å². The number of ether oxygens (including phenoxy) is 1. The fourth-order valence-corrected chi connectivity index (χ4v) is 7.16. The molecule has 3 saturated heterocycles. The first-order chi connectivity index (χ1) is 17.5. The zero-order valence-electron chi connectivity index (χ0n) is 22.2. The molecular weight excluding hydrogens is 498 g/mol. The fourth-order valence-electron chi connectivity index (χ4n) is 5.60. The number of fused-ring (bicyclic) bond motifs is 1. The number of likely N-dealkylation sites (N-methyl/N-ethyl adjacent to an activating group) is 2. The third-order valence-corrected chi connectivity index (χ3v) is 9.94. The highest BCUT2D eigenvalue weighted by molar-refractivity contribution is 7.89. The van der Waals surface area contributed by atoms with Gasteiger partial charge in [-0.2, -0.15) is 4.31 Å². The van der Waals surface area contributed by atoms with Crippen LogP contribution in [-0.2, 0) is 19.6 Å². The monoisotopic (exact) mass is 537 g/mol. The van der Waals surface area contributed by atoms with Crippen molar-refractivity contribution in [2.45, 2.75) is 18.7 Å². The Morgan fingerprint density at radius 2 is 1.51 bits per heavy atom. The molecule has 2 atom stereocenters. The molecule has 1 N–H and O–H groups in total. The first kappa shape index (κ1) is 27.6. The predicted octanol–water partition coefficient (Wildman–Crippen LogP) is 0.404. The molecule has 11 nitrogen and oxygen atoms in total. The average Bonchev–Trinajstić information content (AvgIpc) is 3.40. The Morgan fingerprint density at radius 3 is 2.08 bits per heavy atom. The SMILES string of the molecule is Cc1cc(O)cc(C)c1S(=O)(=O)N(C)CCOCC(=O)N1C[C@@H]2CN(C(=O)N3CCN(C)CC3)C[C@@H]2C1. The zero-order chi connectivity index (χ0) is 26.9. The van der Waals surface area contributed by atoms with E-state index < -0.39 is 10.0 Å². The van der Waals surface area contributed by atoms with Crippen LogP contribution < -0.4 is 0 Å². The highest BCUT2D eigenvalue weighted by Gasteiger charge is 2.44. The van der Waals surface area contributed by atoms with Gasteiger partial charge >= 0.3 is 6.03 Å². The molecule has 37 heavy (non-hydrogen) atoms. The Morgan fingerprint density at radius 1 is 0.973 bits per heavy atom. The third-order valence-electron chi connectivity index (χ3n) is 7.77. The molecular formula is C25H39N5O6S. The van der Waals surface area contributed by atoms with Gasteiger partial charge in [0.25, 0.3) is 0 Å². The Hall–Kier alpha value is -2.41. The maximum absolute atomic E-state index is 13.0. The molecule has 0 radical (unpaired) electrons. The second-order valence-electron chi connectivity index (χ2n) is 10.6. The van der Waals surface area contributed by atoms with Gasteiger partial charge in [0.1, 0.15) is 12.4 Å². The summed E-state index contributed by atoms with van der Waals surface area (Å²) in [7, 11) is -0.216. The van der Waals surface area contributed by atoms with E-state index in [2.05, 4.69) is 11.9 Å². The van der Waals surface area contributed by atoms with Crippen molar-refractivity contribution >= 4 is 22.0 Å². The molecule has 3 aliphatic heterocycles. The standard InChI is InChI=1S/C25H39N5O6S/c1-18-11-22(31)12-19(2)24(18)37(34,35)27(4)9-10-36-17-23(32)29-13-20-15-30(16-21(20)14-29)25(33)28-7-5-26(3)6-8-28/h11-12,20-21,31H,5-10,13-17H2,1-4H3/t20-,21+. The van der Waals surface area contributed by atoms with Gasteiger partial charge in [-0.05, 0) is 44.2 Å². The molecule has 3 amide bonds. The lowest BCUT2D eigenvalue weighted by Crippen LogP contribution is -2.51. The number of urea groups is 1. The van der Waals surface area contributed by atoms with Gasteiger partial charge in [0.15, 0.2) is 0 Å². The van der Waals surface area contributed by atoms with Crippen LogP contribution in [-0.4, -0.2) is 136 Å². The van der Waals surface area contributed by atoms with Crippen molar-refractivity contribution in [2.24, 2.45) is 11.8 Å². The average molecular weight is 538 g/mol. The van der Waals surface area contributed by atoms with Crippen molar-refractivity contribution in [3.8, 4) is 5.75 Å². The maximum Gasteiger partial charge on any atom is 0.320 e. The Bertz CT molecular complexity index is 1080. The minimum atomic E-state index is -3.76. The topological polar surface area (TPSA) is 114 Å². The molecule has 0 aromatic heterocycles. The Labute approximate surface area is 219 Å². The summed E-state index contributed by atoms with van der Waals surface area (Å²) in [6.45, 7) is 9.29. The lowest BCUT2D eigenvalue weighted by atomic mass is 10.0. The minimum Gasteiger partial charge on any atom is -0.508 e. The van der Waals surface area contributed by atoms with Crippen LogP contribution in [0.5, 0.6) is 5.75 Å². The number of piperazine rings is 1. The largest absolute Gasteiger partial charge is 0.508 e. The number of aryl methyl sites for hydroxylation is 2. The van der Waals surface area contributed by atoms with Gasteiger partial charge < -0.3 is 29.4 Å². The van der Waals surface area contributed by atoms with Crippen LogP contribution in [0, 0.1) is 25.7 Å². The number of amides is 3.